The summed E-state index contributed by atoms with van der Waals surface area (Å²) in [5, 5.41) is 8.95. The van der Waals surface area contributed by atoms with Crippen LogP contribution in [0.15, 0.2) is 16.3 Å². The molecule has 0 aliphatic carbocycles. The number of aliphatic hydroxyl groups is 1. The molecule has 1 amide bonds. The lowest BCUT2D eigenvalue weighted by molar-refractivity contribution is -0.115. The summed E-state index contributed by atoms with van der Waals surface area (Å²) in [4.78, 5) is 24.5. The average Bonchev–Trinajstić information content (AvgIpc) is 1.84. The van der Waals surface area contributed by atoms with E-state index < -0.39 is 5.91 Å². The number of aliphatic hydroxyl groups excluding tert-OH is 1. The van der Waals surface area contributed by atoms with Gasteiger partial charge in [0.1, 0.15) is 5.76 Å². The van der Waals surface area contributed by atoms with Crippen LogP contribution in [0.5, 0.6) is 0 Å². The standard InChI is InChI=1S/C8H11NO3/c1-5(10)8(6(2)11)4-9-7(3)12/h4,10H,1-3H3/b8-5+,9-4?. The maximum atomic E-state index is 10.8. The van der Waals surface area contributed by atoms with Crippen LogP contribution in [0.4, 0.5) is 0 Å². The number of Topliss-reactive ketones (excluding diaryl/α,β-unsaturated/α-hetero) is 1. The Morgan fingerprint density at radius 2 is 1.75 bits per heavy atom. The second kappa shape index (κ2) is 4.43. The van der Waals surface area contributed by atoms with Crippen LogP contribution < -0.4 is 0 Å². The van der Waals surface area contributed by atoms with Crippen LogP contribution in [0, 0.1) is 0 Å². The maximum absolute atomic E-state index is 10.8. The highest BCUT2D eigenvalue weighted by molar-refractivity contribution is 6.14. The fourth-order valence-electron chi connectivity index (χ4n) is 0.595. The molecule has 4 heteroatoms. The number of ketones is 1. The predicted octanol–water partition coefficient (Wildman–Crippen LogP) is 1.02. The highest BCUT2D eigenvalue weighted by Gasteiger charge is 2.04. The second-order valence-electron chi connectivity index (χ2n) is 2.33. The Labute approximate surface area is 70.6 Å². The molecule has 0 saturated heterocycles. The summed E-state index contributed by atoms with van der Waals surface area (Å²) >= 11 is 0. The van der Waals surface area contributed by atoms with Crippen LogP contribution in [0.1, 0.15) is 20.8 Å². The molecule has 0 saturated carbocycles. The van der Waals surface area contributed by atoms with Gasteiger partial charge in [-0.05, 0) is 13.8 Å². The molecule has 0 radical (unpaired) electrons. The van der Waals surface area contributed by atoms with Crippen LogP contribution >= 0.6 is 0 Å². The summed E-state index contributed by atoms with van der Waals surface area (Å²) in [7, 11) is 0. The quantitative estimate of drug-likeness (QED) is 0.381. The van der Waals surface area contributed by atoms with E-state index in [1.807, 2.05) is 0 Å². The summed E-state index contributed by atoms with van der Waals surface area (Å²) in [6.07, 6.45) is 1.07. The Balaban J connectivity index is 4.70. The first-order valence-corrected chi connectivity index (χ1v) is 3.40. The van der Waals surface area contributed by atoms with E-state index in [4.69, 9.17) is 5.11 Å². The van der Waals surface area contributed by atoms with E-state index in [9.17, 15) is 9.59 Å². The number of rotatable bonds is 2. The molecule has 66 valence electrons. The SMILES string of the molecule is CC(=O)N=C/C(C(C)=O)=C(/C)O. The Morgan fingerprint density at radius 1 is 1.25 bits per heavy atom. The summed E-state index contributed by atoms with van der Waals surface area (Å²) in [6.45, 7) is 3.92. The van der Waals surface area contributed by atoms with Crippen molar-refractivity contribution in [3.05, 3.63) is 11.3 Å². The molecule has 0 spiro atoms. The summed E-state index contributed by atoms with van der Waals surface area (Å²) in [5.74, 6) is -0.859. The molecule has 0 fully saturated rings. The van der Waals surface area contributed by atoms with Crippen LogP contribution in [0.3, 0.4) is 0 Å². The predicted molar refractivity (Wildman–Crippen MR) is 45.2 cm³/mol. The van der Waals surface area contributed by atoms with Gasteiger partial charge >= 0.3 is 0 Å². The van der Waals surface area contributed by atoms with Gasteiger partial charge in [-0.2, -0.15) is 0 Å². The zero-order valence-corrected chi connectivity index (χ0v) is 7.29. The third kappa shape index (κ3) is 3.65. The van der Waals surface area contributed by atoms with Gasteiger partial charge < -0.3 is 5.11 Å². The van der Waals surface area contributed by atoms with Gasteiger partial charge in [0.15, 0.2) is 5.78 Å². The maximum Gasteiger partial charge on any atom is 0.242 e. The number of nitrogens with zero attached hydrogens (tertiary/aromatic N) is 1. The topological polar surface area (TPSA) is 66.7 Å². The minimum atomic E-state index is -0.407. The first kappa shape index (κ1) is 10.6. The summed E-state index contributed by atoms with van der Waals surface area (Å²) in [6, 6.07) is 0. The monoisotopic (exact) mass is 169 g/mol. The van der Waals surface area contributed by atoms with Crippen LogP contribution in [0.25, 0.3) is 0 Å². The van der Waals surface area contributed by atoms with Gasteiger partial charge in [-0.3, -0.25) is 9.59 Å². The Hall–Kier alpha value is -1.45. The van der Waals surface area contributed by atoms with Crippen molar-refractivity contribution in [2.24, 2.45) is 4.99 Å². The van der Waals surface area contributed by atoms with E-state index in [0.29, 0.717) is 0 Å². The molecule has 0 heterocycles. The van der Waals surface area contributed by atoms with Crippen molar-refractivity contribution >= 4 is 17.9 Å². The molecule has 12 heavy (non-hydrogen) atoms. The van der Waals surface area contributed by atoms with Crippen molar-refractivity contribution in [1.82, 2.24) is 0 Å². The van der Waals surface area contributed by atoms with Gasteiger partial charge in [-0.25, -0.2) is 4.99 Å². The molecular formula is C8H11NO3. The molecule has 4 nitrogen and oxygen atoms in total. The largest absolute Gasteiger partial charge is 0.512 e. The van der Waals surface area contributed by atoms with Crippen LogP contribution in [0.2, 0.25) is 0 Å². The number of aliphatic imine (C=N–C) groups is 1. The van der Waals surface area contributed by atoms with Gasteiger partial charge in [0.05, 0.1) is 5.57 Å². The van der Waals surface area contributed by atoms with Gasteiger partial charge in [-0.1, -0.05) is 0 Å². The van der Waals surface area contributed by atoms with E-state index in [1.54, 1.807) is 0 Å². The Morgan fingerprint density at radius 3 is 2.00 bits per heavy atom. The number of amides is 1. The molecule has 0 bridgehead atoms. The lowest BCUT2D eigenvalue weighted by Crippen LogP contribution is -2.02. The molecule has 0 rings (SSSR count). The molecule has 1 N–H and O–H groups in total. The van der Waals surface area contributed by atoms with Gasteiger partial charge in [-0.15, -0.1) is 0 Å². The molecule has 0 aromatic rings. The average molecular weight is 169 g/mol. The zero-order valence-electron chi connectivity index (χ0n) is 7.29. The van der Waals surface area contributed by atoms with Gasteiger partial charge in [0.25, 0.3) is 0 Å². The zero-order chi connectivity index (χ0) is 9.72. The first-order chi connectivity index (χ1) is 5.45. The van der Waals surface area contributed by atoms with E-state index in [0.717, 1.165) is 6.21 Å². The number of carbonyl (C=O) groups is 2. The minimum absolute atomic E-state index is 0.0604. The summed E-state index contributed by atoms with van der Waals surface area (Å²) in [5.41, 5.74) is 0.0604. The van der Waals surface area contributed by atoms with E-state index in [2.05, 4.69) is 4.99 Å². The Bertz CT molecular complexity index is 259. The third-order valence-corrected chi connectivity index (χ3v) is 1.14. The van der Waals surface area contributed by atoms with Crippen molar-refractivity contribution in [2.75, 3.05) is 0 Å². The fourth-order valence-corrected chi connectivity index (χ4v) is 0.595. The number of hydrogen-bond donors (Lipinski definition) is 1. The molecular weight excluding hydrogens is 158 g/mol. The number of carbonyl (C=O) groups excluding carboxylic acids is 2. The molecule has 0 aromatic heterocycles. The number of allylic oxidation sites excluding steroid dienone is 2. The normalized spacial score (nSPS) is 12.9. The van der Waals surface area contributed by atoms with E-state index >= 15 is 0 Å². The summed E-state index contributed by atoms with van der Waals surface area (Å²) < 4.78 is 0. The first-order valence-electron chi connectivity index (χ1n) is 3.40. The van der Waals surface area contributed by atoms with Crippen molar-refractivity contribution in [2.45, 2.75) is 20.8 Å². The lowest BCUT2D eigenvalue weighted by Gasteiger charge is -1.95. The third-order valence-electron chi connectivity index (χ3n) is 1.14. The highest BCUT2D eigenvalue weighted by Crippen LogP contribution is 1.99. The van der Waals surface area contributed by atoms with Crippen LogP contribution in [-0.4, -0.2) is 23.0 Å². The second-order valence-corrected chi connectivity index (χ2v) is 2.33. The van der Waals surface area contributed by atoms with Crippen LogP contribution in [-0.2, 0) is 9.59 Å². The van der Waals surface area contributed by atoms with E-state index in [1.165, 1.54) is 20.8 Å². The van der Waals surface area contributed by atoms with E-state index in [-0.39, 0.29) is 17.1 Å². The molecule has 0 aliphatic rings. The fraction of sp³-hybridized carbons (Fsp3) is 0.375. The number of hydrogen-bond acceptors (Lipinski definition) is 3. The molecule has 0 unspecified atom stereocenters. The van der Waals surface area contributed by atoms with Crippen molar-refractivity contribution in [3.63, 3.8) is 0 Å². The smallest absolute Gasteiger partial charge is 0.242 e. The lowest BCUT2D eigenvalue weighted by atomic mass is 10.2. The molecule has 0 aromatic carbocycles. The molecule has 0 atom stereocenters. The minimum Gasteiger partial charge on any atom is -0.512 e. The van der Waals surface area contributed by atoms with Crippen molar-refractivity contribution < 1.29 is 14.7 Å². The Kier molecular flexibility index (Phi) is 3.90. The highest BCUT2D eigenvalue weighted by atomic mass is 16.3. The molecule has 0 aliphatic heterocycles. The van der Waals surface area contributed by atoms with Gasteiger partial charge in [0.2, 0.25) is 5.91 Å². The van der Waals surface area contributed by atoms with Crippen molar-refractivity contribution in [3.8, 4) is 0 Å². The van der Waals surface area contributed by atoms with Gasteiger partial charge in [0, 0.05) is 13.1 Å². The van der Waals surface area contributed by atoms with Crippen molar-refractivity contribution in [1.29, 1.82) is 0 Å².